The van der Waals surface area contributed by atoms with Crippen LogP contribution in [0.1, 0.15) is 12.6 Å². The molecule has 0 unspecified atom stereocenters. The lowest BCUT2D eigenvalue weighted by Gasteiger charge is -1.96. The summed E-state index contributed by atoms with van der Waals surface area (Å²) in [4.78, 5) is 0. The Labute approximate surface area is 72.3 Å². The molecule has 0 amide bonds. The van der Waals surface area contributed by atoms with Crippen molar-refractivity contribution in [1.82, 2.24) is 9.78 Å². The molecule has 0 aliphatic heterocycles. The second-order valence-electron chi connectivity index (χ2n) is 2.63. The van der Waals surface area contributed by atoms with Crippen LogP contribution in [0, 0.1) is 0 Å². The van der Waals surface area contributed by atoms with Gasteiger partial charge < -0.3 is 10.5 Å². The quantitative estimate of drug-likeness (QED) is 0.671. The van der Waals surface area contributed by atoms with E-state index in [0.717, 1.165) is 18.7 Å². The number of nitrogen functional groups attached to an aromatic ring is 1. The standard InChI is InChI=1S/C8H15N3O/c1-3-12-5-4-7-6-8(9)11(2)10-7/h6H,3-5,9H2,1-2H3. The molecule has 0 spiro atoms. The minimum Gasteiger partial charge on any atom is -0.384 e. The number of nitrogens with zero attached hydrogens (tertiary/aromatic N) is 2. The Morgan fingerprint density at radius 2 is 2.42 bits per heavy atom. The fraction of sp³-hybridized carbons (Fsp3) is 0.625. The van der Waals surface area contributed by atoms with Gasteiger partial charge in [-0.1, -0.05) is 0 Å². The first-order valence-electron chi connectivity index (χ1n) is 4.10. The van der Waals surface area contributed by atoms with Gasteiger partial charge in [0, 0.05) is 26.1 Å². The highest BCUT2D eigenvalue weighted by atomic mass is 16.5. The van der Waals surface area contributed by atoms with Gasteiger partial charge >= 0.3 is 0 Å². The summed E-state index contributed by atoms with van der Waals surface area (Å²) in [6, 6.07) is 1.87. The predicted molar refractivity (Wildman–Crippen MR) is 47.8 cm³/mol. The van der Waals surface area contributed by atoms with Gasteiger partial charge in [-0.25, -0.2) is 0 Å². The molecule has 0 radical (unpaired) electrons. The zero-order valence-electron chi connectivity index (χ0n) is 7.58. The Bertz CT molecular complexity index is 225. The van der Waals surface area contributed by atoms with E-state index in [9.17, 15) is 0 Å². The topological polar surface area (TPSA) is 53.1 Å². The molecule has 1 heterocycles. The molecule has 1 aromatic rings. The first-order valence-corrected chi connectivity index (χ1v) is 4.10. The van der Waals surface area contributed by atoms with E-state index in [-0.39, 0.29) is 0 Å². The van der Waals surface area contributed by atoms with Crippen LogP contribution in [0.25, 0.3) is 0 Å². The van der Waals surface area contributed by atoms with Crippen LogP contribution in [-0.4, -0.2) is 23.0 Å². The largest absolute Gasteiger partial charge is 0.384 e. The number of nitrogens with two attached hydrogens (primary N) is 1. The van der Waals surface area contributed by atoms with E-state index in [1.807, 2.05) is 20.0 Å². The van der Waals surface area contributed by atoms with E-state index < -0.39 is 0 Å². The molecular formula is C8H15N3O. The van der Waals surface area contributed by atoms with Crippen LogP contribution in [-0.2, 0) is 18.2 Å². The number of anilines is 1. The van der Waals surface area contributed by atoms with Crippen molar-refractivity contribution in [3.05, 3.63) is 11.8 Å². The summed E-state index contributed by atoms with van der Waals surface area (Å²) in [5, 5.41) is 4.19. The highest BCUT2D eigenvalue weighted by molar-refractivity contribution is 5.30. The second kappa shape index (κ2) is 4.11. The molecule has 4 nitrogen and oxygen atoms in total. The summed E-state index contributed by atoms with van der Waals surface area (Å²) < 4.78 is 6.86. The number of aromatic nitrogens is 2. The summed E-state index contributed by atoms with van der Waals surface area (Å²) in [6.45, 7) is 3.45. The smallest absolute Gasteiger partial charge is 0.121 e. The van der Waals surface area contributed by atoms with Crippen molar-refractivity contribution in [2.24, 2.45) is 7.05 Å². The summed E-state index contributed by atoms with van der Waals surface area (Å²) in [7, 11) is 1.83. The monoisotopic (exact) mass is 169 g/mol. The highest BCUT2D eigenvalue weighted by Crippen LogP contribution is 2.04. The Morgan fingerprint density at radius 1 is 1.67 bits per heavy atom. The van der Waals surface area contributed by atoms with Crippen molar-refractivity contribution >= 4 is 5.82 Å². The van der Waals surface area contributed by atoms with Gasteiger partial charge in [0.2, 0.25) is 0 Å². The second-order valence-corrected chi connectivity index (χ2v) is 2.63. The third-order valence-electron chi connectivity index (χ3n) is 1.67. The average Bonchev–Trinajstić information content (AvgIpc) is 2.32. The fourth-order valence-electron chi connectivity index (χ4n) is 0.987. The Morgan fingerprint density at radius 3 is 2.92 bits per heavy atom. The van der Waals surface area contributed by atoms with Crippen molar-refractivity contribution in [1.29, 1.82) is 0 Å². The van der Waals surface area contributed by atoms with Crippen LogP contribution >= 0.6 is 0 Å². The minimum absolute atomic E-state index is 0.696. The Balaban J connectivity index is 2.42. The summed E-state index contributed by atoms with van der Waals surface area (Å²) in [6.07, 6.45) is 0.832. The number of hydrogen-bond acceptors (Lipinski definition) is 3. The normalized spacial score (nSPS) is 10.5. The predicted octanol–water partition coefficient (Wildman–Crippen LogP) is 0.581. The molecule has 0 bridgehead atoms. The van der Waals surface area contributed by atoms with Crippen LogP contribution < -0.4 is 5.73 Å². The van der Waals surface area contributed by atoms with Gasteiger partial charge in [0.05, 0.1) is 12.3 Å². The van der Waals surface area contributed by atoms with Crippen molar-refractivity contribution in [2.75, 3.05) is 18.9 Å². The average molecular weight is 169 g/mol. The van der Waals surface area contributed by atoms with Crippen LogP contribution in [0.4, 0.5) is 5.82 Å². The van der Waals surface area contributed by atoms with E-state index in [1.54, 1.807) is 4.68 Å². The maximum Gasteiger partial charge on any atom is 0.121 e. The first kappa shape index (κ1) is 9.06. The molecule has 0 aromatic carbocycles. The Hall–Kier alpha value is -1.03. The summed E-state index contributed by atoms with van der Waals surface area (Å²) in [5.74, 6) is 0.696. The van der Waals surface area contributed by atoms with Gasteiger partial charge in [-0.3, -0.25) is 4.68 Å². The van der Waals surface area contributed by atoms with Crippen LogP contribution in [0.5, 0.6) is 0 Å². The molecule has 68 valence electrons. The summed E-state index contributed by atoms with van der Waals surface area (Å²) >= 11 is 0. The van der Waals surface area contributed by atoms with Crippen LogP contribution in [0.15, 0.2) is 6.07 Å². The lowest BCUT2D eigenvalue weighted by atomic mass is 10.3. The van der Waals surface area contributed by atoms with E-state index in [1.165, 1.54) is 0 Å². The summed E-state index contributed by atoms with van der Waals surface area (Å²) in [5.41, 5.74) is 6.59. The first-order chi connectivity index (χ1) is 5.74. The van der Waals surface area contributed by atoms with E-state index in [4.69, 9.17) is 10.5 Å². The molecule has 4 heteroatoms. The molecule has 0 saturated carbocycles. The van der Waals surface area contributed by atoms with Crippen molar-refractivity contribution in [2.45, 2.75) is 13.3 Å². The molecule has 1 rings (SSSR count). The molecule has 0 aliphatic carbocycles. The molecule has 12 heavy (non-hydrogen) atoms. The third-order valence-corrected chi connectivity index (χ3v) is 1.67. The van der Waals surface area contributed by atoms with Gasteiger partial charge in [0.15, 0.2) is 0 Å². The molecule has 1 aromatic heterocycles. The van der Waals surface area contributed by atoms with Gasteiger partial charge in [-0.15, -0.1) is 0 Å². The lowest BCUT2D eigenvalue weighted by molar-refractivity contribution is 0.150. The van der Waals surface area contributed by atoms with Gasteiger partial charge in [0.25, 0.3) is 0 Å². The zero-order valence-corrected chi connectivity index (χ0v) is 7.58. The van der Waals surface area contributed by atoms with Crippen molar-refractivity contribution in [3.63, 3.8) is 0 Å². The third kappa shape index (κ3) is 2.23. The SMILES string of the molecule is CCOCCc1cc(N)n(C)n1. The minimum atomic E-state index is 0.696. The van der Waals surface area contributed by atoms with Crippen molar-refractivity contribution < 1.29 is 4.74 Å². The van der Waals surface area contributed by atoms with Crippen molar-refractivity contribution in [3.8, 4) is 0 Å². The van der Waals surface area contributed by atoms with Crippen LogP contribution in [0.3, 0.4) is 0 Å². The number of aryl methyl sites for hydroxylation is 1. The number of ether oxygens (including phenoxy) is 1. The Kier molecular flexibility index (Phi) is 3.10. The van der Waals surface area contributed by atoms with E-state index in [0.29, 0.717) is 12.4 Å². The maximum atomic E-state index is 5.60. The van der Waals surface area contributed by atoms with Gasteiger partial charge in [-0.05, 0) is 6.92 Å². The zero-order chi connectivity index (χ0) is 8.97. The molecule has 0 saturated heterocycles. The van der Waals surface area contributed by atoms with Gasteiger partial charge in [0.1, 0.15) is 5.82 Å². The molecule has 0 aliphatic rings. The number of rotatable bonds is 4. The maximum absolute atomic E-state index is 5.60. The van der Waals surface area contributed by atoms with E-state index in [2.05, 4.69) is 5.10 Å². The molecule has 0 atom stereocenters. The fourth-order valence-corrected chi connectivity index (χ4v) is 0.987. The lowest BCUT2D eigenvalue weighted by Crippen LogP contribution is -2.00. The molecular weight excluding hydrogens is 154 g/mol. The van der Waals surface area contributed by atoms with Gasteiger partial charge in [-0.2, -0.15) is 5.10 Å². The van der Waals surface area contributed by atoms with Crippen LogP contribution in [0.2, 0.25) is 0 Å². The van der Waals surface area contributed by atoms with E-state index >= 15 is 0 Å². The molecule has 2 N–H and O–H groups in total. The number of hydrogen-bond donors (Lipinski definition) is 1. The molecule has 0 fully saturated rings. The highest BCUT2D eigenvalue weighted by Gasteiger charge is 2.00.